The van der Waals surface area contributed by atoms with Crippen molar-refractivity contribution in [2.45, 2.75) is 4.34 Å². The van der Waals surface area contributed by atoms with Crippen LogP contribution in [0, 0.1) is 0 Å². The lowest BCUT2D eigenvalue weighted by Crippen LogP contribution is -2.19. The van der Waals surface area contributed by atoms with Crippen molar-refractivity contribution < 1.29 is 14.3 Å². The quantitative estimate of drug-likeness (QED) is 0.258. The van der Waals surface area contributed by atoms with Crippen molar-refractivity contribution >= 4 is 56.2 Å². The molecule has 0 aliphatic carbocycles. The fraction of sp³-hybridized carbons (Fsp3) is 0.136. The summed E-state index contributed by atoms with van der Waals surface area (Å²) in [6.07, 6.45) is 1.60. The molecular weight excluding hydrogens is 418 g/mol. The summed E-state index contributed by atoms with van der Waals surface area (Å²) >= 11 is 2.97. The SMILES string of the molecule is COc1ccc2ccc(OC)c(/C=N/NC(=O)CSc3nc4ccccc4s3)c2c1. The van der Waals surface area contributed by atoms with Gasteiger partial charge < -0.3 is 9.47 Å². The first-order chi connectivity index (χ1) is 14.7. The third kappa shape index (κ3) is 4.39. The van der Waals surface area contributed by atoms with Gasteiger partial charge in [0, 0.05) is 5.56 Å². The summed E-state index contributed by atoms with van der Waals surface area (Å²) < 4.78 is 12.8. The Hall–Kier alpha value is -3.10. The number of hydrogen-bond donors (Lipinski definition) is 1. The molecule has 0 saturated carbocycles. The first-order valence-electron chi connectivity index (χ1n) is 9.13. The molecule has 1 heterocycles. The molecule has 0 radical (unpaired) electrons. The maximum absolute atomic E-state index is 12.2. The average molecular weight is 438 g/mol. The molecule has 0 bridgehead atoms. The Labute approximate surface area is 181 Å². The zero-order valence-electron chi connectivity index (χ0n) is 16.4. The van der Waals surface area contributed by atoms with Crippen molar-refractivity contribution in [1.82, 2.24) is 10.4 Å². The van der Waals surface area contributed by atoms with Crippen molar-refractivity contribution in [2.75, 3.05) is 20.0 Å². The number of methoxy groups -OCH3 is 2. The number of fused-ring (bicyclic) bond motifs is 2. The number of amides is 1. The van der Waals surface area contributed by atoms with Crippen LogP contribution in [0.4, 0.5) is 0 Å². The molecule has 6 nitrogen and oxygen atoms in total. The lowest BCUT2D eigenvalue weighted by atomic mass is 10.0. The van der Waals surface area contributed by atoms with Crippen molar-refractivity contribution in [3.63, 3.8) is 0 Å². The van der Waals surface area contributed by atoms with E-state index < -0.39 is 0 Å². The third-order valence-electron chi connectivity index (χ3n) is 4.43. The van der Waals surface area contributed by atoms with E-state index >= 15 is 0 Å². The summed E-state index contributed by atoms with van der Waals surface area (Å²) in [6.45, 7) is 0. The molecule has 8 heteroatoms. The number of thioether (sulfide) groups is 1. The number of para-hydroxylation sites is 1. The molecule has 0 unspecified atom stereocenters. The van der Waals surface area contributed by atoms with Gasteiger partial charge in [-0.05, 0) is 41.1 Å². The highest BCUT2D eigenvalue weighted by atomic mass is 32.2. The van der Waals surface area contributed by atoms with Crippen LogP contribution in [-0.4, -0.2) is 37.1 Å². The van der Waals surface area contributed by atoms with E-state index in [1.807, 2.05) is 54.6 Å². The van der Waals surface area contributed by atoms with E-state index in [1.165, 1.54) is 11.8 Å². The van der Waals surface area contributed by atoms with Crippen LogP contribution >= 0.6 is 23.1 Å². The monoisotopic (exact) mass is 437 g/mol. The number of hydrogen-bond acceptors (Lipinski definition) is 7. The average Bonchev–Trinajstić information content (AvgIpc) is 3.20. The Balaban J connectivity index is 1.45. The van der Waals surface area contributed by atoms with E-state index in [4.69, 9.17) is 9.47 Å². The predicted molar refractivity (Wildman–Crippen MR) is 123 cm³/mol. The largest absolute Gasteiger partial charge is 0.497 e. The molecule has 1 aromatic heterocycles. The number of nitrogens with zero attached hydrogens (tertiary/aromatic N) is 2. The second kappa shape index (κ2) is 9.15. The zero-order valence-corrected chi connectivity index (χ0v) is 18.0. The van der Waals surface area contributed by atoms with Gasteiger partial charge in [0.25, 0.3) is 5.91 Å². The summed E-state index contributed by atoms with van der Waals surface area (Å²) in [4.78, 5) is 16.7. The van der Waals surface area contributed by atoms with E-state index in [0.29, 0.717) is 5.75 Å². The number of ether oxygens (including phenoxy) is 2. The van der Waals surface area contributed by atoms with Crippen molar-refractivity contribution in [1.29, 1.82) is 0 Å². The Morgan fingerprint density at radius 3 is 2.80 bits per heavy atom. The lowest BCUT2D eigenvalue weighted by molar-refractivity contribution is -0.118. The van der Waals surface area contributed by atoms with Gasteiger partial charge in [-0.2, -0.15) is 5.10 Å². The van der Waals surface area contributed by atoms with Crippen molar-refractivity contribution in [3.8, 4) is 11.5 Å². The fourth-order valence-corrected chi connectivity index (χ4v) is 4.84. The summed E-state index contributed by atoms with van der Waals surface area (Å²) in [7, 11) is 3.23. The van der Waals surface area contributed by atoms with Gasteiger partial charge in [0.05, 0.1) is 36.4 Å². The fourth-order valence-electron chi connectivity index (χ4n) is 2.98. The first kappa shape index (κ1) is 20.2. The van der Waals surface area contributed by atoms with Crippen LogP contribution in [0.2, 0.25) is 0 Å². The van der Waals surface area contributed by atoms with Gasteiger partial charge in [0.15, 0.2) is 4.34 Å². The van der Waals surface area contributed by atoms with E-state index in [1.54, 1.807) is 31.8 Å². The van der Waals surface area contributed by atoms with Crippen molar-refractivity contribution in [3.05, 3.63) is 60.2 Å². The summed E-state index contributed by atoms with van der Waals surface area (Å²) in [6, 6.07) is 17.6. The second-order valence-electron chi connectivity index (χ2n) is 6.30. The minimum atomic E-state index is -0.202. The standard InChI is InChI=1S/C22H19N3O3S2/c1-27-15-9-7-14-8-10-19(28-2)17(16(14)11-15)12-23-25-21(26)13-29-22-24-18-5-3-4-6-20(18)30-22/h3-12H,13H2,1-2H3,(H,25,26)/b23-12+. The minimum Gasteiger partial charge on any atom is -0.497 e. The molecule has 0 saturated heterocycles. The summed E-state index contributed by atoms with van der Waals surface area (Å²) in [5.41, 5.74) is 4.30. The van der Waals surface area contributed by atoms with Gasteiger partial charge in [-0.25, -0.2) is 10.4 Å². The van der Waals surface area contributed by atoms with Crippen LogP contribution in [0.1, 0.15) is 5.56 Å². The summed E-state index contributed by atoms with van der Waals surface area (Å²) in [5.74, 6) is 1.43. The van der Waals surface area contributed by atoms with E-state index in [2.05, 4.69) is 15.5 Å². The molecule has 152 valence electrons. The number of thiazole rings is 1. The molecule has 0 fully saturated rings. The number of benzene rings is 3. The topological polar surface area (TPSA) is 72.8 Å². The molecule has 4 aromatic rings. The molecular formula is C22H19N3O3S2. The number of hydrazone groups is 1. The van der Waals surface area contributed by atoms with Crippen LogP contribution in [0.3, 0.4) is 0 Å². The lowest BCUT2D eigenvalue weighted by Gasteiger charge is -2.10. The normalized spacial score (nSPS) is 11.3. The first-order valence-corrected chi connectivity index (χ1v) is 10.9. The van der Waals surface area contributed by atoms with Crippen molar-refractivity contribution in [2.24, 2.45) is 5.10 Å². The van der Waals surface area contributed by atoms with Gasteiger partial charge in [0.1, 0.15) is 11.5 Å². The van der Waals surface area contributed by atoms with Crippen LogP contribution in [-0.2, 0) is 4.79 Å². The molecule has 30 heavy (non-hydrogen) atoms. The smallest absolute Gasteiger partial charge is 0.250 e. The Morgan fingerprint density at radius 1 is 1.17 bits per heavy atom. The maximum atomic E-state index is 12.2. The highest BCUT2D eigenvalue weighted by Gasteiger charge is 2.09. The van der Waals surface area contributed by atoms with E-state index in [9.17, 15) is 4.79 Å². The number of carbonyl (C=O) groups is 1. The van der Waals surface area contributed by atoms with Crippen LogP contribution in [0.15, 0.2) is 64.0 Å². The molecule has 3 aromatic carbocycles. The van der Waals surface area contributed by atoms with E-state index in [0.717, 1.165) is 36.6 Å². The maximum Gasteiger partial charge on any atom is 0.250 e. The summed E-state index contributed by atoms with van der Waals surface area (Å²) in [5, 5.41) is 6.09. The Bertz CT molecular complexity index is 1200. The van der Waals surface area contributed by atoms with Crippen LogP contribution in [0.5, 0.6) is 11.5 Å². The molecule has 0 spiro atoms. The molecule has 0 aliphatic rings. The molecule has 4 rings (SSSR count). The van der Waals surface area contributed by atoms with Gasteiger partial charge in [-0.15, -0.1) is 11.3 Å². The predicted octanol–water partition coefficient (Wildman–Crippen LogP) is 4.71. The molecule has 1 N–H and O–H groups in total. The molecule has 0 atom stereocenters. The van der Waals surface area contributed by atoms with Gasteiger partial charge in [0.2, 0.25) is 0 Å². The Kier molecular flexibility index (Phi) is 6.15. The Morgan fingerprint density at radius 2 is 2.00 bits per heavy atom. The van der Waals surface area contributed by atoms with Crippen LogP contribution < -0.4 is 14.9 Å². The van der Waals surface area contributed by atoms with Gasteiger partial charge in [-0.1, -0.05) is 36.0 Å². The van der Waals surface area contributed by atoms with Gasteiger partial charge >= 0.3 is 0 Å². The number of nitrogens with one attached hydrogen (secondary N) is 1. The third-order valence-corrected chi connectivity index (χ3v) is 6.61. The minimum absolute atomic E-state index is 0.202. The number of rotatable bonds is 7. The zero-order chi connectivity index (χ0) is 20.9. The number of aromatic nitrogens is 1. The number of carbonyl (C=O) groups excluding carboxylic acids is 1. The van der Waals surface area contributed by atoms with E-state index in [-0.39, 0.29) is 11.7 Å². The highest BCUT2D eigenvalue weighted by Crippen LogP contribution is 2.30. The molecule has 0 aliphatic heterocycles. The molecule has 1 amide bonds. The van der Waals surface area contributed by atoms with Crippen LogP contribution in [0.25, 0.3) is 21.0 Å². The highest BCUT2D eigenvalue weighted by molar-refractivity contribution is 8.01. The second-order valence-corrected chi connectivity index (χ2v) is 8.55. The van der Waals surface area contributed by atoms with Gasteiger partial charge in [-0.3, -0.25) is 4.79 Å².